The Balaban J connectivity index is 3.63. The first-order valence-corrected chi connectivity index (χ1v) is 5.37. The number of hydrogen-bond acceptors (Lipinski definition) is 4. The second kappa shape index (κ2) is 3.56. The third-order valence-electron chi connectivity index (χ3n) is 1.96. The highest BCUT2D eigenvalue weighted by Crippen LogP contribution is 2.24. The Labute approximate surface area is 82.5 Å². The predicted octanol–water partition coefficient (Wildman–Crippen LogP) is 0.283. The second-order valence-electron chi connectivity index (χ2n) is 2.96. The summed E-state index contributed by atoms with van der Waals surface area (Å²) in [5.41, 5.74) is 11.9. The molecule has 0 atom stereocenters. The van der Waals surface area contributed by atoms with Gasteiger partial charge >= 0.3 is 0 Å². The molecular formula is C8H12N2O3S. The van der Waals surface area contributed by atoms with E-state index in [1.54, 1.807) is 13.0 Å². The molecule has 0 saturated heterocycles. The van der Waals surface area contributed by atoms with Gasteiger partial charge in [-0.3, -0.25) is 4.55 Å². The molecule has 0 aliphatic heterocycles. The Morgan fingerprint density at radius 2 is 2.00 bits per heavy atom. The largest absolute Gasteiger partial charge is 0.398 e. The highest BCUT2D eigenvalue weighted by molar-refractivity contribution is 7.86. The molecule has 0 fully saturated rings. The Bertz CT molecular complexity index is 454. The lowest BCUT2D eigenvalue weighted by Gasteiger charge is -2.10. The van der Waals surface area contributed by atoms with Crippen molar-refractivity contribution in [2.45, 2.75) is 18.4 Å². The van der Waals surface area contributed by atoms with Gasteiger partial charge in [-0.05, 0) is 18.6 Å². The van der Waals surface area contributed by atoms with Crippen LogP contribution in [0.4, 0.5) is 5.69 Å². The van der Waals surface area contributed by atoms with Crippen LogP contribution >= 0.6 is 0 Å². The summed E-state index contributed by atoms with van der Waals surface area (Å²) >= 11 is 0. The third kappa shape index (κ3) is 1.87. The monoisotopic (exact) mass is 216 g/mol. The molecular weight excluding hydrogens is 204 g/mol. The summed E-state index contributed by atoms with van der Waals surface area (Å²) in [5, 5.41) is 0. The van der Waals surface area contributed by atoms with Crippen molar-refractivity contribution < 1.29 is 13.0 Å². The van der Waals surface area contributed by atoms with E-state index in [1.807, 2.05) is 0 Å². The lowest BCUT2D eigenvalue weighted by atomic mass is 10.1. The zero-order valence-corrected chi connectivity index (χ0v) is 8.50. The molecule has 0 aliphatic carbocycles. The molecule has 0 aromatic heterocycles. The van der Waals surface area contributed by atoms with Crippen LogP contribution < -0.4 is 11.5 Å². The maximum absolute atomic E-state index is 11.0. The van der Waals surface area contributed by atoms with Gasteiger partial charge in [0.15, 0.2) is 0 Å². The van der Waals surface area contributed by atoms with Crippen LogP contribution in [0.15, 0.2) is 17.0 Å². The van der Waals surface area contributed by atoms with E-state index >= 15 is 0 Å². The van der Waals surface area contributed by atoms with Gasteiger partial charge in [0, 0.05) is 17.8 Å². The van der Waals surface area contributed by atoms with Gasteiger partial charge in [0.25, 0.3) is 10.1 Å². The number of nitrogen functional groups attached to an aromatic ring is 1. The topological polar surface area (TPSA) is 106 Å². The van der Waals surface area contributed by atoms with E-state index in [-0.39, 0.29) is 22.7 Å². The SMILES string of the molecule is Cc1ccc(N)c(CN)c1S(=O)(=O)O. The number of anilines is 1. The van der Waals surface area contributed by atoms with Crippen molar-refractivity contribution >= 4 is 15.8 Å². The van der Waals surface area contributed by atoms with Crippen LogP contribution in [0.3, 0.4) is 0 Å². The molecule has 1 aromatic rings. The number of benzene rings is 1. The summed E-state index contributed by atoms with van der Waals surface area (Å²) in [6.45, 7) is 1.55. The van der Waals surface area contributed by atoms with E-state index in [0.29, 0.717) is 5.56 Å². The predicted molar refractivity (Wildman–Crippen MR) is 53.3 cm³/mol. The van der Waals surface area contributed by atoms with Crippen LogP contribution in [-0.4, -0.2) is 13.0 Å². The molecule has 1 aromatic carbocycles. The van der Waals surface area contributed by atoms with Crippen LogP contribution in [0.1, 0.15) is 11.1 Å². The van der Waals surface area contributed by atoms with Gasteiger partial charge in [0.1, 0.15) is 4.90 Å². The Kier molecular flexibility index (Phi) is 2.79. The van der Waals surface area contributed by atoms with Crippen molar-refractivity contribution in [2.75, 3.05) is 5.73 Å². The van der Waals surface area contributed by atoms with Crippen molar-refractivity contribution in [2.24, 2.45) is 5.73 Å². The quantitative estimate of drug-likeness (QED) is 0.486. The van der Waals surface area contributed by atoms with Crippen LogP contribution in [0.25, 0.3) is 0 Å². The Morgan fingerprint density at radius 3 is 2.36 bits per heavy atom. The van der Waals surface area contributed by atoms with Crippen molar-refractivity contribution in [1.29, 1.82) is 0 Å². The van der Waals surface area contributed by atoms with Crippen molar-refractivity contribution in [1.82, 2.24) is 0 Å². The summed E-state index contributed by atoms with van der Waals surface area (Å²) in [6.07, 6.45) is 0. The summed E-state index contributed by atoms with van der Waals surface area (Å²) in [7, 11) is -4.26. The summed E-state index contributed by atoms with van der Waals surface area (Å²) in [6, 6.07) is 3.09. The highest BCUT2D eigenvalue weighted by atomic mass is 32.2. The molecule has 14 heavy (non-hydrogen) atoms. The molecule has 5 nitrogen and oxygen atoms in total. The molecule has 0 radical (unpaired) electrons. The van der Waals surface area contributed by atoms with Gasteiger partial charge in [-0.1, -0.05) is 6.07 Å². The summed E-state index contributed by atoms with van der Waals surface area (Å²) < 4.78 is 31.0. The van der Waals surface area contributed by atoms with Crippen LogP contribution in [0.2, 0.25) is 0 Å². The van der Waals surface area contributed by atoms with Gasteiger partial charge < -0.3 is 11.5 Å². The summed E-state index contributed by atoms with van der Waals surface area (Å²) in [5.74, 6) is 0. The normalized spacial score (nSPS) is 11.6. The van der Waals surface area contributed by atoms with Crippen LogP contribution in [-0.2, 0) is 16.7 Å². The fourth-order valence-electron chi connectivity index (χ4n) is 1.33. The van der Waals surface area contributed by atoms with E-state index in [0.717, 1.165) is 0 Å². The van der Waals surface area contributed by atoms with Crippen LogP contribution in [0.5, 0.6) is 0 Å². The maximum Gasteiger partial charge on any atom is 0.295 e. The Morgan fingerprint density at radius 1 is 1.43 bits per heavy atom. The molecule has 0 unspecified atom stereocenters. The molecule has 0 bridgehead atoms. The minimum absolute atomic E-state index is 0.0252. The fourth-order valence-corrected chi connectivity index (χ4v) is 2.32. The number of rotatable bonds is 2. The van der Waals surface area contributed by atoms with Crippen LogP contribution in [0, 0.1) is 6.92 Å². The molecule has 78 valence electrons. The minimum Gasteiger partial charge on any atom is -0.398 e. The van der Waals surface area contributed by atoms with Gasteiger partial charge in [0.05, 0.1) is 0 Å². The first-order chi connectivity index (χ1) is 6.38. The lowest BCUT2D eigenvalue weighted by Crippen LogP contribution is -2.11. The Hall–Kier alpha value is -1.11. The van der Waals surface area contributed by atoms with Crippen molar-refractivity contribution in [3.05, 3.63) is 23.3 Å². The zero-order chi connectivity index (χ0) is 10.9. The zero-order valence-electron chi connectivity index (χ0n) is 7.69. The smallest absolute Gasteiger partial charge is 0.295 e. The molecule has 5 N–H and O–H groups in total. The van der Waals surface area contributed by atoms with Crippen molar-refractivity contribution in [3.63, 3.8) is 0 Å². The molecule has 6 heteroatoms. The fraction of sp³-hybridized carbons (Fsp3) is 0.250. The van der Waals surface area contributed by atoms with Crippen molar-refractivity contribution in [3.8, 4) is 0 Å². The molecule has 0 spiro atoms. The van der Waals surface area contributed by atoms with E-state index in [9.17, 15) is 8.42 Å². The lowest BCUT2D eigenvalue weighted by molar-refractivity contribution is 0.481. The molecule has 0 heterocycles. The van der Waals surface area contributed by atoms with E-state index in [1.165, 1.54) is 6.07 Å². The van der Waals surface area contributed by atoms with Gasteiger partial charge in [-0.2, -0.15) is 8.42 Å². The molecule has 0 amide bonds. The maximum atomic E-state index is 11.0. The summed E-state index contributed by atoms with van der Waals surface area (Å²) in [4.78, 5) is -0.181. The highest BCUT2D eigenvalue weighted by Gasteiger charge is 2.19. The van der Waals surface area contributed by atoms with Gasteiger partial charge in [-0.25, -0.2) is 0 Å². The number of nitrogens with two attached hydrogens (primary N) is 2. The van der Waals surface area contributed by atoms with E-state index in [2.05, 4.69) is 0 Å². The molecule has 0 saturated carbocycles. The number of hydrogen-bond donors (Lipinski definition) is 3. The average molecular weight is 216 g/mol. The van der Waals surface area contributed by atoms with E-state index < -0.39 is 10.1 Å². The van der Waals surface area contributed by atoms with Gasteiger partial charge in [0.2, 0.25) is 0 Å². The second-order valence-corrected chi connectivity index (χ2v) is 4.32. The average Bonchev–Trinajstić information content (AvgIpc) is 2.06. The standard InChI is InChI=1S/C8H12N2O3S/c1-5-2-3-7(10)6(4-9)8(5)14(11,12)13/h2-3H,4,9-10H2,1H3,(H,11,12,13). The molecule has 0 aliphatic rings. The molecule has 1 rings (SSSR count). The first kappa shape index (κ1) is 11.0. The third-order valence-corrected chi connectivity index (χ3v) is 3.04. The van der Waals surface area contributed by atoms with E-state index in [4.69, 9.17) is 16.0 Å². The number of aryl methyl sites for hydroxylation is 1. The van der Waals surface area contributed by atoms with Gasteiger partial charge in [-0.15, -0.1) is 0 Å². The minimum atomic E-state index is -4.26. The first-order valence-electron chi connectivity index (χ1n) is 3.93.